The highest BCUT2D eigenvalue weighted by Crippen LogP contribution is 2.19. The van der Waals surface area contributed by atoms with E-state index in [0.717, 1.165) is 17.0 Å². The van der Waals surface area contributed by atoms with Crippen LogP contribution in [0.3, 0.4) is 0 Å². The summed E-state index contributed by atoms with van der Waals surface area (Å²) in [4.78, 5) is 39.3. The molecule has 0 saturated heterocycles. The standard InChI is InChI=1S/C36H42FN5O4/c1-6-9-10-17-32(38-4)31(8-3)40-25-14-16-29(46-39-5)22-20-27-21-23-30-33(26-27)41-34(18-11-12-19-35(43)44)42(36(30)45)28(7-2)15-13-24-37/h6-10,13,15,21-26,38H,1-3,5,11-12,14,16-20H2,4H3,(H,43,44)/b10-9-,24-13+,28-15+,29-22-,32-31-,40-25?. The van der Waals surface area contributed by atoms with Crippen molar-refractivity contribution >= 4 is 35.5 Å². The minimum Gasteiger partial charge on any atom is -0.481 e. The Balaban J connectivity index is 2.34. The Morgan fingerprint density at radius 3 is 2.63 bits per heavy atom. The van der Waals surface area contributed by atoms with Gasteiger partial charge >= 0.3 is 5.97 Å². The predicted octanol–water partition coefficient (Wildman–Crippen LogP) is 7.36. The highest BCUT2D eigenvalue weighted by atomic mass is 19.1. The second-order valence-corrected chi connectivity index (χ2v) is 9.87. The molecular formula is C36H42FN5O4. The van der Waals surface area contributed by atoms with E-state index in [9.17, 15) is 14.0 Å². The lowest BCUT2D eigenvalue weighted by atomic mass is 10.1. The number of aliphatic carboxylic acids is 1. The number of oxime groups is 1. The number of aliphatic imine (C=N–C) groups is 1. The van der Waals surface area contributed by atoms with Crippen molar-refractivity contribution in [3.63, 3.8) is 0 Å². The minimum absolute atomic E-state index is 0.00959. The zero-order valence-electron chi connectivity index (χ0n) is 26.3. The average Bonchev–Trinajstić information content (AvgIpc) is 3.05. The Morgan fingerprint density at radius 1 is 1.17 bits per heavy atom. The van der Waals surface area contributed by atoms with Crippen LogP contribution < -0.4 is 10.9 Å². The SMILES string of the molecule is C=C/C=C\C/C(NC)=C(\C=C)N=CCC/C(=C/Cc1ccc2c(=O)n(/C(C=C)=C/C=C/F)c(CCCCC(=O)O)nc2c1)ON=C. The fourth-order valence-corrected chi connectivity index (χ4v) is 4.51. The van der Waals surface area contributed by atoms with E-state index in [1.54, 1.807) is 24.4 Å². The molecule has 46 heavy (non-hydrogen) atoms. The molecule has 0 aliphatic heterocycles. The number of hydrogen-bond acceptors (Lipinski definition) is 7. The summed E-state index contributed by atoms with van der Waals surface area (Å²) in [5.74, 6) is 0.148. The van der Waals surface area contributed by atoms with Crippen LogP contribution in [-0.2, 0) is 22.5 Å². The van der Waals surface area contributed by atoms with Gasteiger partial charge in [0.1, 0.15) is 11.6 Å². The van der Waals surface area contributed by atoms with E-state index in [2.05, 4.69) is 41.9 Å². The molecule has 0 atom stereocenters. The number of carbonyl (C=O) groups is 1. The molecule has 2 aromatic rings. The number of nitrogens with one attached hydrogen (secondary N) is 1. The molecule has 0 aliphatic rings. The number of aromatic nitrogens is 2. The van der Waals surface area contributed by atoms with Crippen LogP contribution in [0, 0.1) is 0 Å². The zero-order valence-corrected chi connectivity index (χ0v) is 26.3. The van der Waals surface area contributed by atoms with Gasteiger partial charge in [0.15, 0.2) is 0 Å². The fraction of sp³-hybridized carbons (Fsp3) is 0.250. The normalized spacial score (nSPS) is 12.9. The molecule has 1 aromatic carbocycles. The first-order valence-electron chi connectivity index (χ1n) is 14.8. The molecule has 0 unspecified atom stereocenters. The number of aryl methyl sites for hydroxylation is 1. The van der Waals surface area contributed by atoms with E-state index in [4.69, 9.17) is 14.9 Å². The van der Waals surface area contributed by atoms with Gasteiger partial charge in [-0.2, -0.15) is 0 Å². The molecular weight excluding hydrogens is 585 g/mol. The third-order valence-corrected chi connectivity index (χ3v) is 6.75. The van der Waals surface area contributed by atoms with Crippen molar-refractivity contribution in [2.45, 2.75) is 51.4 Å². The molecule has 1 aromatic heterocycles. The van der Waals surface area contributed by atoms with Crippen LogP contribution in [0.25, 0.3) is 16.6 Å². The van der Waals surface area contributed by atoms with Crippen molar-refractivity contribution in [2.75, 3.05) is 7.05 Å². The van der Waals surface area contributed by atoms with Gasteiger partial charge in [-0.3, -0.25) is 19.1 Å². The van der Waals surface area contributed by atoms with Crippen molar-refractivity contribution in [2.24, 2.45) is 10.1 Å². The van der Waals surface area contributed by atoms with Gasteiger partial charge in [-0.1, -0.05) is 49.2 Å². The number of halogens is 1. The summed E-state index contributed by atoms with van der Waals surface area (Å²) in [6.07, 6.45) is 18.9. The average molecular weight is 628 g/mol. The molecule has 0 fully saturated rings. The van der Waals surface area contributed by atoms with E-state index in [1.807, 2.05) is 37.4 Å². The third kappa shape index (κ3) is 11.6. The van der Waals surface area contributed by atoms with E-state index in [1.165, 1.54) is 22.8 Å². The van der Waals surface area contributed by atoms with Gasteiger partial charge in [0.2, 0.25) is 0 Å². The van der Waals surface area contributed by atoms with Crippen LogP contribution in [0.4, 0.5) is 4.39 Å². The van der Waals surface area contributed by atoms with E-state index in [-0.39, 0.29) is 12.0 Å². The molecule has 2 rings (SSSR count). The Hall–Kier alpha value is -5.38. The molecule has 2 N–H and O–H groups in total. The minimum atomic E-state index is -0.891. The van der Waals surface area contributed by atoms with Crippen LogP contribution in [0.15, 0.2) is 125 Å². The maximum absolute atomic E-state index is 13.6. The lowest BCUT2D eigenvalue weighted by Gasteiger charge is -2.14. The van der Waals surface area contributed by atoms with E-state index < -0.39 is 5.97 Å². The van der Waals surface area contributed by atoms with Gasteiger partial charge in [0, 0.05) is 57.1 Å². The van der Waals surface area contributed by atoms with Crippen molar-refractivity contribution in [1.82, 2.24) is 14.9 Å². The summed E-state index contributed by atoms with van der Waals surface area (Å²) >= 11 is 0. The molecule has 0 aliphatic carbocycles. The molecule has 0 spiro atoms. The first-order chi connectivity index (χ1) is 22.3. The highest BCUT2D eigenvalue weighted by Gasteiger charge is 2.14. The molecule has 242 valence electrons. The lowest BCUT2D eigenvalue weighted by Crippen LogP contribution is -2.24. The zero-order chi connectivity index (χ0) is 33.7. The van der Waals surface area contributed by atoms with Crippen LogP contribution in [-0.4, -0.2) is 40.6 Å². The Bertz CT molecular complexity index is 1640. The van der Waals surface area contributed by atoms with Crippen LogP contribution in [0.5, 0.6) is 0 Å². The summed E-state index contributed by atoms with van der Waals surface area (Å²) in [7, 11) is 1.84. The van der Waals surface area contributed by atoms with Crippen LogP contribution >= 0.6 is 0 Å². The van der Waals surface area contributed by atoms with Gasteiger partial charge < -0.3 is 15.3 Å². The second kappa shape index (κ2) is 20.6. The number of carboxylic acid groups (broad SMARTS) is 1. The molecule has 0 radical (unpaired) electrons. The Labute approximate surface area is 269 Å². The summed E-state index contributed by atoms with van der Waals surface area (Å²) in [5, 5.41) is 16.1. The monoisotopic (exact) mass is 627 g/mol. The van der Waals surface area contributed by atoms with Gasteiger partial charge in [0.25, 0.3) is 5.56 Å². The van der Waals surface area contributed by atoms with E-state index in [0.29, 0.717) is 79.5 Å². The first-order valence-corrected chi connectivity index (χ1v) is 14.8. The van der Waals surface area contributed by atoms with Gasteiger partial charge in [0.05, 0.1) is 22.9 Å². The predicted molar refractivity (Wildman–Crippen MR) is 186 cm³/mol. The summed E-state index contributed by atoms with van der Waals surface area (Å²) < 4.78 is 14.2. The number of fused-ring (bicyclic) bond motifs is 1. The van der Waals surface area contributed by atoms with E-state index >= 15 is 0 Å². The number of nitrogens with zero attached hydrogens (tertiary/aromatic N) is 4. The van der Waals surface area contributed by atoms with Gasteiger partial charge in [-0.25, -0.2) is 9.37 Å². The summed E-state index contributed by atoms with van der Waals surface area (Å²) in [6.45, 7) is 14.7. The lowest BCUT2D eigenvalue weighted by molar-refractivity contribution is -0.137. The van der Waals surface area contributed by atoms with Gasteiger partial charge in [-0.05, 0) is 73.8 Å². The number of rotatable bonds is 21. The Morgan fingerprint density at radius 2 is 1.98 bits per heavy atom. The number of carboxylic acids is 1. The number of hydrogen-bond donors (Lipinski definition) is 2. The quantitative estimate of drug-likeness (QED) is 0.0491. The third-order valence-electron chi connectivity index (χ3n) is 6.75. The van der Waals surface area contributed by atoms with Crippen molar-refractivity contribution in [3.05, 3.63) is 132 Å². The molecule has 0 amide bonds. The van der Waals surface area contributed by atoms with Gasteiger partial charge in [-0.15, -0.1) is 0 Å². The topological polar surface area (TPSA) is 118 Å². The molecule has 1 heterocycles. The van der Waals surface area contributed by atoms with Crippen LogP contribution in [0.2, 0.25) is 0 Å². The maximum Gasteiger partial charge on any atom is 0.303 e. The number of benzene rings is 1. The number of unbranched alkanes of at least 4 members (excludes halogenated alkanes) is 1. The summed E-state index contributed by atoms with van der Waals surface area (Å²) in [5.41, 5.74) is 3.08. The smallest absolute Gasteiger partial charge is 0.303 e. The number of allylic oxidation sites excluding steroid dienone is 10. The van der Waals surface area contributed by atoms with Crippen LogP contribution in [0.1, 0.15) is 49.9 Å². The van der Waals surface area contributed by atoms with Crippen molar-refractivity contribution in [1.29, 1.82) is 0 Å². The molecule has 10 heteroatoms. The highest BCUT2D eigenvalue weighted by molar-refractivity contribution is 5.80. The second-order valence-electron chi connectivity index (χ2n) is 9.87. The van der Waals surface area contributed by atoms with Crippen molar-refractivity contribution < 1.29 is 19.1 Å². The maximum atomic E-state index is 13.6. The molecule has 9 nitrogen and oxygen atoms in total. The Kier molecular flexibility index (Phi) is 16.4. The molecule has 0 bridgehead atoms. The fourth-order valence-electron chi connectivity index (χ4n) is 4.51. The largest absolute Gasteiger partial charge is 0.481 e. The van der Waals surface area contributed by atoms with Crippen molar-refractivity contribution in [3.8, 4) is 0 Å². The first kappa shape index (κ1) is 36.8. The summed E-state index contributed by atoms with van der Waals surface area (Å²) in [6, 6.07) is 5.37. The molecule has 0 saturated carbocycles.